The largest absolute Gasteiger partial charge is 0.392 e. The van der Waals surface area contributed by atoms with E-state index in [2.05, 4.69) is 5.32 Å². The standard InChI is InChI=1S/C56H105N11O14/c1-17-37(7)58-23-48(73)64(39(9)19-3)33-51(76)59(24-43(13)68)29-49(74)62(27-46(16)71)32-54(79)67(42(12)22-6)36-56(81)65(40(10)20-4)34-52(77)60(25-44(14)69)30-50(75)61(26-45(15)70)31-53(78)66(41(11)21-5)35-55(80)63(28-47(57)72)38(8)18-2/h37-46,58,68-71H,17-36H2,1-16H3,(H2,57,72)/t37-,38+,39+,40+,41-,42-,43-,44-,45+,46+/m1/s1. The minimum Gasteiger partial charge on any atom is -0.392 e. The summed E-state index contributed by atoms with van der Waals surface area (Å²) in [6.45, 7) is 21.0. The maximum absolute atomic E-state index is 14.5. The van der Waals surface area contributed by atoms with Crippen LogP contribution < -0.4 is 11.1 Å². The molecular weight excluding hydrogens is 1050 g/mol. The SMILES string of the molecule is CC[C@@H](C)NCC(=O)N(CC(=O)N(CC(=O)N(CC(=O)N(CC(=O)N(CC(=O)N(CC(=O)N(CC(=O)N(CC(=O)N(CC(N)=O)[C@@H](C)CC)[C@H](C)CC)C[C@H](C)O)C[C@@H](C)O)[C@@H](C)CC)[C@H](C)CC)C[C@H](C)O)C[C@@H](C)O)[C@@H](C)CC. The highest BCUT2D eigenvalue weighted by Crippen LogP contribution is 2.15. The van der Waals surface area contributed by atoms with Crippen molar-refractivity contribution in [3.05, 3.63) is 0 Å². The predicted molar refractivity (Wildman–Crippen MR) is 307 cm³/mol. The van der Waals surface area contributed by atoms with Gasteiger partial charge in [-0.2, -0.15) is 0 Å². The van der Waals surface area contributed by atoms with E-state index in [0.717, 1.165) is 26.0 Å². The lowest BCUT2D eigenvalue weighted by molar-refractivity contribution is -0.152. The Morgan fingerprint density at radius 3 is 0.765 bits per heavy atom. The summed E-state index contributed by atoms with van der Waals surface area (Å²) in [5.41, 5.74) is 5.44. The van der Waals surface area contributed by atoms with E-state index in [1.54, 1.807) is 55.4 Å². The summed E-state index contributed by atoms with van der Waals surface area (Å²) in [6, 6.07) is -2.37. The zero-order valence-electron chi connectivity index (χ0n) is 51.9. The van der Waals surface area contributed by atoms with Gasteiger partial charge in [0.1, 0.15) is 26.2 Å². The van der Waals surface area contributed by atoms with Gasteiger partial charge in [0.2, 0.25) is 59.1 Å². The predicted octanol–water partition coefficient (Wildman–Crippen LogP) is -0.167. The van der Waals surface area contributed by atoms with Crippen LogP contribution in [0.2, 0.25) is 0 Å². The van der Waals surface area contributed by atoms with Crippen molar-refractivity contribution in [2.75, 3.05) is 91.6 Å². The normalized spacial score (nSPS) is 15.0. The minimum atomic E-state index is -1.17. The number of aliphatic hydroxyl groups excluding tert-OH is 4. The number of hydrogen-bond acceptors (Lipinski definition) is 15. The Labute approximate surface area is 482 Å². The van der Waals surface area contributed by atoms with Crippen LogP contribution in [0.15, 0.2) is 0 Å². The van der Waals surface area contributed by atoms with Crippen molar-refractivity contribution in [2.24, 2.45) is 5.73 Å². The van der Waals surface area contributed by atoms with Gasteiger partial charge in [0.15, 0.2) is 0 Å². The number of primary amides is 1. The zero-order chi connectivity index (χ0) is 62.6. The number of carbonyl (C=O) groups is 10. The molecule has 0 bridgehead atoms. The molecule has 0 spiro atoms. The van der Waals surface area contributed by atoms with Gasteiger partial charge in [-0.3, -0.25) is 47.9 Å². The van der Waals surface area contributed by atoms with Crippen molar-refractivity contribution < 1.29 is 68.4 Å². The van der Waals surface area contributed by atoms with E-state index in [1.165, 1.54) is 52.2 Å². The number of amides is 10. The molecule has 10 atom stereocenters. The van der Waals surface area contributed by atoms with E-state index in [1.807, 2.05) is 27.7 Å². The first-order chi connectivity index (χ1) is 37.7. The second-order valence-corrected chi connectivity index (χ2v) is 22.0. The minimum absolute atomic E-state index is 0.0168. The summed E-state index contributed by atoms with van der Waals surface area (Å²) in [5, 5.41) is 45.2. The lowest BCUT2D eigenvalue weighted by Gasteiger charge is -2.36. The van der Waals surface area contributed by atoms with Gasteiger partial charge in [0.05, 0.1) is 63.7 Å². The second kappa shape index (κ2) is 38.3. The molecule has 0 aliphatic carbocycles. The molecule has 0 aromatic rings. The molecule has 25 nitrogen and oxygen atoms in total. The molecular formula is C56H105N11O14. The molecule has 468 valence electrons. The van der Waals surface area contributed by atoms with Crippen LogP contribution in [0.4, 0.5) is 0 Å². The smallest absolute Gasteiger partial charge is 0.242 e. The van der Waals surface area contributed by atoms with Crippen LogP contribution in [0, 0.1) is 0 Å². The Hall–Kier alpha value is -5.50. The Morgan fingerprint density at radius 1 is 0.321 bits per heavy atom. The van der Waals surface area contributed by atoms with Crippen molar-refractivity contribution in [3.8, 4) is 0 Å². The van der Waals surface area contributed by atoms with Crippen molar-refractivity contribution in [1.82, 2.24) is 49.4 Å². The summed E-state index contributed by atoms with van der Waals surface area (Å²) in [5.74, 6) is -6.53. The maximum atomic E-state index is 14.5. The van der Waals surface area contributed by atoms with E-state index in [-0.39, 0.29) is 69.8 Å². The van der Waals surface area contributed by atoms with Gasteiger partial charge >= 0.3 is 0 Å². The third kappa shape index (κ3) is 27.4. The Morgan fingerprint density at radius 2 is 0.531 bits per heavy atom. The highest BCUT2D eigenvalue weighted by Gasteiger charge is 2.35. The first kappa shape index (κ1) is 75.5. The van der Waals surface area contributed by atoms with Gasteiger partial charge in [-0.15, -0.1) is 0 Å². The Kier molecular flexibility index (Phi) is 35.7. The summed E-state index contributed by atoms with van der Waals surface area (Å²) in [4.78, 5) is 149. The van der Waals surface area contributed by atoms with E-state index in [9.17, 15) is 68.4 Å². The van der Waals surface area contributed by atoms with E-state index in [4.69, 9.17) is 5.73 Å². The van der Waals surface area contributed by atoms with Crippen LogP contribution in [0.3, 0.4) is 0 Å². The Bertz CT molecular complexity index is 2010. The number of nitrogens with one attached hydrogen (secondary N) is 1. The topological polar surface area (TPSA) is 319 Å². The zero-order valence-corrected chi connectivity index (χ0v) is 51.9. The molecule has 0 saturated carbocycles. The van der Waals surface area contributed by atoms with Crippen molar-refractivity contribution in [1.29, 1.82) is 0 Å². The number of nitrogens with zero attached hydrogens (tertiary/aromatic N) is 9. The summed E-state index contributed by atoms with van der Waals surface area (Å²) >= 11 is 0. The Balaban J connectivity index is 6.88. The summed E-state index contributed by atoms with van der Waals surface area (Å²) in [6.07, 6.45) is -1.60. The molecule has 0 fully saturated rings. The van der Waals surface area contributed by atoms with E-state index in [0.29, 0.717) is 32.1 Å². The van der Waals surface area contributed by atoms with E-state index >= 15 is 0 Å². The number of aliphatic hydroxyl groups is 4. The third-order valence-electron chi connectivity index (χ3n) is 14.6. The quantitative estimate of drug-likeness (QED) is 0.0464. The fourth-order valence-electron chi connectivity index (χ4n) is 8.52. The number of nitrogens with two attached hydrogens (primary N) is 1. The molecule has 0 unspecified atom stereocenters. The molecule has 0 aliphatic rings. The molecule has 81 heavy (non-hydrogen) atoms. The molecule has 0 radical (unpaired) electrons. The lowest BCUT2D eigenvalue weighted by atomic mass is 10.1. The average Bonchev–Trinajstić information content (AvgIpc) is 3.39. The van der Waals surface area contributed by atoms with Crippen LogP contribution in [0.5, 0.6) is 0 Å². The maximum Gasteiger partial charge on any atom is 0.242 e. The van der Waals surface area contributed by atoms with Crippen LogP contribution in [-0.2, 0) is 47.9 Å². The van der Waals surface area contributed by atoms with Crippen molar-refractivity contribution >= 4 is 59.1 Å². The molecule has 25 heteroatoms. The van der Waals surface area contributed by atoms with Gasteiger partial charge in [-0.05, 0) is 108 Å². The molecule has 0 heterocycles. The van der Waals surface area contributed by atoms with Crippen LogP contribution in [0.25, 0.3) is 0 Å². The first-order valence-corrected chi connectivity index (χ1v) is 29.1. The highest BCUT2D eigenvalue weighted by molar-refractivity contribution is 5.94. The number of rotatable bonds is 40. The summed E-state index contributed by atoms with van der Waals surface area (Å²) in [7, 11) is 0. The fourth-order valence-corrected chi connectivity index (χ4v) is 8.52. The van der Waals surface area contributed by atoms with Crippen molar-refractivity contribution in [3.63, 3.8) is 0 Å². The lowest BCUT2D eigenvalue weighted by Crippen LogP contribution is -2.56. The fraction of sp³-hybridized carbons (Fsp3) is 0.821. The van der Waals surface area contributed by atoms with Gasteiger partial charge in [-0.25, -0.2) is 0 Å². The van der Waals surface area contributed by atoms with Gasteiger partial charge in [0, 0.05) is 62.4 Å². The third-order valence-corrected chi connectivity index (χ3v) is 14.6. The van der Waals surface area contributed by atoms with Crippen LogP contribution in [-0.4, -0.2) is 276 Å². The van der Waals surface area contributed by atoms with Gasteiger partial charge in [0.25, 0.3) is 0 Å². The molecule has 0 aromatic carbocycles. The molecule has 0 saturated heterocycles. The van der Waals surface area contributed by atoms with Gasteiger partial charge < -0.3 is 75.6 Å². The molecule has 10 amide bonds. The molecule has 7 N–H and O–H groups in total. The first-order valence-electron chi connectivity index (χ1n) is 29.1. The van der Waals surface area contributed by atoms with Crippen LogP contribution >= 0.6 is 0 Å². The monoisotopic (exact) mass is 1160 g/mol. The van der Waals surface area contributed by atoms with E-state index < -0.39 is 142 Å². The second-order valence-electron chi connectivity index (χ2n) is 22.0. The molecule has 0 aliphatic heterocycles. The highest BCUT2D eigenvalue weighted by atomic mass is 16.3. The molecule has 0 rings (SSSR count). The van der Waals surface area contributed by atoms with Crippen LogP contribution in [0.1, 0.15) is 149 Å². The molecule has 0 aromatic heterocycles. The number of hydrogen-bond donors (Lipinski definition) is 6. The van der Waals surface area contributed by atoms with Gasteiger partial charge in [-0.1, -0.05) is 41.5 Å². The summed E-state index contributed by atoms with van der Waals surface area (Å²) < 4.78 is 0. The average molecular weight is 1160 g/mol. The van der Waals surface area contributed by atoms with Crippen molar-refractivity contribution in [2.45, 2.75) is 210 Å². The number of carbonyl (C=O) groups excluding carboxylic acids is 10.